The first kappa shape index (κ1) is 18.7. The summed E-state index contributed by atoms with van der Waals surface area (Å²) in [6, 6.07) is 6.59. The molecule has 0 spiro atoms. The van der Waals surface area contributed by atoms with E-state index in [9.17, 15) is 10.1 Å². The van der Waals surface area contributed by atoms with Gasteiger partial charge in [-0.2, -0.15) is 0 Å². The fraction of sp³-hybridized carbons (Fsp3) is 0.533. The first-order chi connectivity index (χ1) is 11.2. The van der Waals surface area contributed by atoms with Gasteiger partial charge in [0.2, 0.25) is 0 Å². The van der Waals surface area contributed by atoms with Crippen LogP contribution >= 0.6 is 0 Å². The van der Waals surface area contributed by atoms with Crippen molar-refractivity contribution in [2.45, 2.75) is 13.8 Å². The molecule has 0 bridgehead atoms. The molecule has 0 saturated carbocycles. The molecule has 1 aromatic rings. The predicted octanol–water partition coefficient (Wildman–Crippen LogP) is 1.60. The van der Waals surface area contributed by atoms with Gasteiger partial charge in [-0.25, -0.2) is 0 Å². The van der Waals surface area contributed by atoms with E-state index in [0.717, 1.165) is 6.54 Å². The van der Waals surface area contributed by atoms with E-state index in [0.29, 0.717) is 44.5 Å². The number of aliphatic imine (C=N–C) groups is 1. The summed E-state index contributed by atoms with van der Waals surface area (Å²) in [5.41, 5.74) is 0.586. The third kappa shape index (κ3) is 7.46. The molecular formula is C15H25N5O3. The molecule has 0 saturated heterocycles. The topological polar surface area (TPSA) is 101 Å². The third-order valence-electron chi connectivity index (χ3n) is 2.89. The van der Waals surface area contributed by atoms with Crippen molar-refractivity contribution >= 4 is 17.3 Å². The van der Waals surface area contributed by atoms with E-state index in [4.69, 9.17) is 4.74 Å². The van der Waals surface area contributed by atoms with Crippen molar-refractivity contribution in [3.05, 3.63) is 34.4 Å². The number of para-hydroxylation sites is 2. The molecule has 0 radical (unpaired) electrons. The molecule has 0 unspecified atom stereocenters. The summed E-state index contributed by atoms with van der Waals surface area (Å²) in [7, 11) is 0. The molecule has 1 aromatic carbocycles. The van der Waals surface area contributed by atoms with Crippen LogP contribution in [0.1, 0.15) is 13.8 Å². The molecule has 0 atom stereocenters. The van der Waals surface area contributed by atoms with Crippen LogP contribution < -0.4 is 16.0 Å². The molecule has 3 N–H and O–H groups in total. The van der Waals surface area contributed by atoms with E-state index in [2.05, 4.69) is 20.9 Å². The molecule has 0 aliphatic carbocycles. The van der Waals surface area contributed by atoms with Gasteiger partial charge in [0.1, 0.15) is 5.69 Å². The second-order valence-electron chi connectivity index (χ2n) is 4.59. The van der Waals surface area contributed by atoms with Crippen LogP contribution in [-0.2, 0) is 4.74 Å². The van der Waals surface area contributed by atoms with Crippen LogP contribution in [0.4, 0.5) is 11.4 Å². The van der Waals surface area contributed by atoms with Gasteiger partial charge < -0.3 is 20.7 Å². The Morgan fingerprint density at radius 2 is 2.04 bits per heavy atom. The van der Waals surface area contributed by atoms with Crippen molar-refractivity contribution < 1.29 is 9.66 Å². The number of benzene rings is 1. The van der Waals surface area contributed by atoms with Gasteiger partial charge in [-0.1, -0.05) is 12.1 Å². The zero-order chi connectivity index (χ0) is 16.9. The number of anilines is 1. The van der Waals surface area contributed by atoms with Crippen LogP contribution in [0.5, 0.6) is 0 Å². The Labute approximate surface area is 136 Å². The average molecular weight is 323 g/mol. The second kappa shape index (κ2) is 11.2. The lowest BCUT2D eigenvalue weighted by Gasteiger charge is -2.12. The lowest BCUT2D eigenvalue weighted by molar-refractivity contribution is -0.384. The van der Waals surface area contributed by atoms with Crippen LogP contribution in [0.3, 0.4) is 0 Å². The van der Waals surface area contributed by atoms with Crippen LogP contribution in [0.15, 0.2) is 29.3 Å². The number of guanidine groups is 1. The molecule has 8 heteroatoms. The number of hydrogen-bond acceptors (Lipinski definition) is 5. The van der Waals surface area contributed by atoms with Crippen molar-refractivity contribution in [2.75, 3.05) is 44.7 Å². The van der Waals surface area contributed by atoms with E-state index in [-0.39, 0.29) is 5.69 Å². The minimum absolute atomic E-state index is 0.0739. The molecule has 0 heterocycles. The number of nitrogens with zero attached hydrogens (tertiary/aromatic N) is 2. The SMILES string of the molecule is CCNC(=NCCOCC)NCCNc1ccccc1[N+](=O)[O-]. The summed E-state index contributed by atoms with van der Waals surface area (Å²) >= 11 is 0. The Balaban J connectivity index is 2.40. The Bertz CT molecular complexity index is 508. The minimum atomic E-state index is -0.394. The summed E-state index contributed by atoms with van der Waals surface area (Å²) in [5, 5.41) is 20.3. The normalized spacial score (nSPS) is 11.1. The molecule has 23 heavy (non-hydrogen) atoms. The summed E-state index contributed by atoms with van der Waals surface area (Å²) < 4.78 is 5.24. The quantitative estimate of drug-likeness (QED) is 0.199. The monoisotopic (exact) mass is 323 g/mol. The van der Waals surface area contributed by atoms with E-state index in [1.54, 1.807) is 18.2 Å². The summed E-state index contributed by atoms with van der Waals surface area (Å²) in [6.45, 7) is 7.68. The number of rotatable bonds is 10. The Morgan fingerprint density at radius 3 is 2.74 bits per heavy atom. The van der Waals surface area contributed by atoms with Gasteiger partial charge in [-0.15, -0.1) is 0 Å². The summed E-state index contributed by atoms with van der Waals surface area (Å²) in [5.74, 6) is 0.705. The fourth-order valence-corrected chi connectivity index (χ4v) is 1.87. The van der Waals surface area contributed by atoms with E-state index < -0.39 is 4.92 Å². The van der Waals surface area contributed by atoms with E-state index >= 15 is 0 Å². The highest BCUT2D eigenvalue weighted by molar-refractivity contribution is 5.79. The van der Waals surface area contributed by atoms with E-state index in [1.807, 2.05) is 13.8 Å². The standard InChI is InChI=1S/C15H25N5O3/c1-3-16-15(19-11-12-23-4-2)18-10-9-17-13-7-5-6-8-14(13)20(21)22/h5-8,17H,3-4,9-12H2,1-2H3,(H2,16,18,19). The summed E-state index contributed by atoms with van der Waals surface area (Å²) in [6.07, 6.45) is 0. The largest absolute Gasteiger partial charge is 0.380 e. The fourth-order valence-electron chi connectivity index (χ4n) is 1.87. The Kier molecular flexibility index (Phi) is 9.14. The number of nitro groups is 1. The molecule has 8 nitrogen and oxygen atoms in total. The molecule has 0 aromatic heterocycles. The highest BCUT2D eigenvalue weighted by atomic mass is 16.6. The van der Waals surface area contributed by atoms with Crippen molar-refractivity contribution in [2.24, 2.45) is 4.99 Å². The van der Waals surface area contributed by atoms with Crippen LogP contribution in [-0.4, -0.2) is 50.3 Å². The second-order valence-corrected chi connectivity index (χ2v) is 4.59. The van der Waals surface area contributed by atoms with Gasteiger partial charge in [0, 0.05) is 32.3 Å². The Hall–Kier alpha value is -2.35. The lowest BCUT2D eigenvalue weighted by atomic mass is 10.2. The first-order valence-corrected chi connectivity index (χ1v) is 7.76. The van der Waals surface area contributed by atoms with Gasteiger partial charge in [0.25, 0.3) is 5.69 Å². The number of ether oxygens (including phenoxy) is 1. The van der Waals surface area contributed by atoms with Crippen molar-refractivity contribution in [1.82, 2.24) is 10.6 Å². The van der Waals surface area contributed by atoms with Gasteiger partial charge in [0.05, 0.1) is 18.1 Å². The molecule has 0 aliphatic heterocycles. The zero-order valence-electron chi connectivity index (χ0n) is 13.7. The van der Waals surface area contributed by atoms with Crippen molar-refractivity contribution in [3.8, 4) is 0 Å². The van der Waals surface area contributed by atoms with Crippen molar-refractivity contribution in [1.29, 1.82) is 0 Å². The maximum absolute atomic E-state index is 10.9. The van der Waals surface area contributed by atoms with Crippen LogP contribution in [0.25, 0.3) is 0 Å². The smallest absolute Gasteiger partial charge is 0.292 e. The minimum Gasteiger partial charge on any atom is -0.380 e. The van der Waals surface area contributed by atoms with Gasteiger partial charge in [-0.05, 0) is 19.9 Å². The van der Waals surface area contributed by atoms with E-state index in [1.165, 1.54) is 6.07 Å². The van der Waals surface area contributed by atoms with Gasteiger partial charge in [0.15, 0.2) is 5.96 Å². The molecule has 1 rings (SSSR count). The highest BCUT2D eigenvalue weighted by Crippen LogP contribution is 2.22. The molecule has 0 aliphatic rings. The van der Waals surface area contributed by atoms with Gasteiger partial charge >= 0.3 is 0 Å². The number of nitrogens with one attached hydrogen (secondary N) is 3. The highest BCUT2D eigenvalue weighted by Gasteiger charge is 2.11. The summed E-state index contributed by atoms with van der Waals surface area (Å²) in [4.78, 5) is 14.9. The van der Waals surface area contributed by atoms with Crippen molar-refractivity contribution in [3.63, 3.8) is 0 Å². The molecule has 0 fully saturated rings. The molecular weight excluding hydrogens is 298 g/mol. The molecule has 0 amide bonds. The zero-order valence-corrected chi connectivity index (χ0v) is 13.7. The first-order valence-electron chi connectivity index (χ1n) is 7.76. The number of nitro benzene ring substituents is 1. The maximum Gasteiger partial charge on any atom is 0.292 e. The average Bonchev–Trinajstić information content (AvgIpc) is 2.55. The predicted molar refractivity (Wildman–Crippen MR) is 92.1 cm³/mol. The van der Waals surface area contributed by atoms with Crippen LogP contribution in [0.2, 0.25) is 0 Å². The molecule has 128 valence electrons. The maximum atomic E-state index is 10.9. The lowest BCUT2D eigenvalue weighted by Crippen LogP contribution is -2.39. The number of hydrogen-bond donors (Lipinski definition) is 3. The van der Waals surface area contributed by atoms with Crippen LogP contribution in [0, 0.1) is 10.1 Å². The third-order valence-corrected chi connectivity index (χ3v) is 2.89. The van der Waals surface area contributed by atoms with Gasteiger partial charge in [-0.3, -0.25) is 15.1 Å². The Morgan fingerprint density at radius 1 is 1.26 bits per heavy atom.